The molecule has 0 aliphatic carbocycles. The molecule has 0 saturated carbocycles. The number of hydrogen-bond donors (Lipinski definition) is 3. The van der Waals surface area contributed by atoms with Crippen LogP contribution in [0.5, 0.6) is 17.2 Å². The number of hydrogen-bond acceptors (Lipinski definition) is 6. The third-order valence-corrected chi connectivity index (χ3v) is 6.90. The van der Waals surface area contributed by atoms with E-state index in [-0.39, 0.29) is 6.54 Å². The molecule has 42 heavy (non-hydrogen) atoms. The van der Waals surface area contributed by atoms with Gasteiger partial charge in [0.15, 0.2) is 0 Å². The molecule has 3 N–H and O–H groups in total. The first kappa shape index (κ1) is 27.9. The van der Waals surface area contributed by atoms with E-state index >= 15 is 0 Å². The fraction of sp³-hybridized carbons (Fsp3) is 0.125. The average molecular weight is 568 g/mol. The summed E-state index contributed by atoms with van der Waals surface area (Å²) in [7, 11) is 0. The van der Waals surface area contributed by atoms with Gasteiger partial charge in [-0.3, -0.25) is 4.79 Å². The molecule has 5 rings (SSSR count). The van der Waals surface area contributed by atoms with Crippen LogP contribution in [0.15, 0.2) is 91.0 Å². The van der Waals surface area contributed by atoms with Gasteiger partial charge in [-0.1, -0.05) is 48.5 Å². The molecule has 10 nitrogen and oxygen atoms in total. The van der Waals surface area contributed by atoms with Crippen LogP contribution in [0.1, 0.15) is 65.0 Å². The number of ether oxygens (including phenoxy) is 2. The second-order valence-electron chi connectivity index (χ2n) is 9.54. The van der Waals surface area contributed by atoms with Crippen LogP contribution in [0.2, 0.25) is 0 Å². The minimum absolute atomic E-state index is 0.0333. The lowest BCUT2D eigenvalue weighted by Gasteiger charge is -2.36. The van der Waals surface area contributed by atoms with Gasteiger partial charge in [0.25, 0.3) is 5.91 Å². The van der Waals surface area contributed by atoms with Gasteiger partial charge in [-0.05, 0) is 48.0 Å². The number of aromatic carboxylic acids is 3. The highest BCUT2D eigenvalue weighted by Gasteiger charge is 2.34. The van der Waals surface area contributed by atoms with E-state index in [1.165, 1.54) is 4.90 Å². The van der Waals surface area contributed by atoms with Gasteiger partial charge in [0, 0.05) is 18.5 Å². The maximum absolute atomic E-state index is 14.2. The summed E-state index contributed by atoms with van der Waals surface area (Å²) in [5.41, 5.74) is -1.06. The molecule has 4 aromatic carbocycles. The molecule has 1 aliphatic heterocycles. The maximum Gasteiger partial charge on any atom is 0.336 e. The minimum Gasteiger partial charge on any atom is -0.493 e. The Balaban J connectivity index is 1.56. The van der Waals surface area contributed by atoms with Crippen molar-refractivity contribution in [1.82, 2.24) is 4.90 Å². The molecule has 1 heterocycles. The number of fused-ring (bicyclic) bond motifs is 1. The maximum atomic E-state index is 14.2. The first-order chi connectivity index (χ1) is 20.2. The van der Waals surface area contributed by atoms with Gasteiger partial charge < -0.3 is 29.7 Å². The SMILES string of the molecule is O=C(O)c1cc(C(=O)O)c(C(=O)N(Cc2ccc(Oc3ccccc3)cc2)C2CCOc3ccccc32)cc1C(=O)O. The van der Waals surface area contributed by atoms with Crippen molar-refractivity contribution in [2.24, 2.45) is 0 Å². The van der Waals surface area contributed by atoms with Crippen LogP contribution in [0.3, 0.4) is 0 Å². The second kappa shape index (κ2) is 11.8. The van der Waals surface area contributed by atoms with Crippen LogP contribution in [-0.2, 0) is 6.54 Å². The van der Waals surface area contributed by atoms with E-state index in [1.54, 1.807) is 42.5 Å². The zero-order valence-electron chi connectivity index (χ0n) is 22.1. The summed E-state index contributed by atoms with van der Waals surface area (Å²) in [6.07, 6.45) is 0.388. The molecule has 1 atom stereocenters. The summed E-state index contributed by atoms with van der Waals surface area (Å²) in [6, 6.07) is 24.4. The standard InChI is InChI=1S/C32H25NO9/c34-29(23-16-25(31(37)38)26(32(39)40)17-24(23)30(35)36)33(27-14-15-41-28-9-5-4-8-22(27)28)18-19-10-12-21(13-11-19)42-20-6-2-1-3-7-20/h1-13,16-17,27H,14-15,18H2,(H,35,36)(H,37,38)(H,39,40). The number of amides is 1. The van der Waals surface area contributed by atoms with Crippen molar-refractivity contribution in [1.29, 1.82) is 0 Å². The van der Waals surface area contributed by atoms with E-state index in [4.69, 9.17) is 9.47 Å². The number of para-hydroxylation sites is 2. The third-order valence-electron chi connectivity index (χ3n) is 6.90. The number of nitrogens with zero attached hydrogens (tertiary/aromatic N) is 1. The van der Waals surface area contributed by atoms with Gasteiger partial charge in [-0.25, -0.2) is 14.4 Å². The van der Waals surface area contributed by atoms with Crippen LogP contribution < -0.4 is 9.47 Å². The zero-order valence-corrected chi connectivity index (χ0v) is 22.1. The highest BCUT2D eigenvalue weighted by molar-refractivity contribution is 6.10. The average Bonchev–Trinajstić information content (AvgIpc) is 3.00. The van der Waals surface area contributed by atoms with Gasteiger partial charge in [-0.2, -0.15) is 0 Å². The first-order valence-corrected chi connectivity index (χ1v) is 13.0. The van der Waals surface area contributed by atoms with E-state index in [9.17, 15) is 34.5 Å². The van der Waals surface area contributed by atoms with E-state index in [2.05, 4.69) is 0 Å². The van der Waals surface area contributed by atoms with Crippen molar-refractivity contribution in [2.45, 2.75) is 19.0 Å². The lowest BCUT2D eigenvalue weighted by Crippen LogP contribution is -2.38. The Bertz CT molecular complexity index is 1670. The molecule has 0 spiro atoms. The summed E-state index contributed by atoms with van der Waals surface area (Å²) in [5.74, 6) is -3.75. The predicted octanol–water partition coefficient (Wildman–Crippen LogP) is 5.74. The second-order valence-corrected chi connectivity index (χ2v) is 9.54. The molecule has 4 aromatic rings. The Labute approximate surface area is 240 Å². The summed E-state index contributed by atoms with van der Waals surface area (Å²) in [6.45, 7) is 0.324. The van der Waals surface area contributed by atoms with Crippen molar-refractivity contribution in [3.05, 3.63) is 124 Å². The van der Waals surface area contributed by atoms with E-state index < -0.39 is 52.1 Å². The zero-order chi connectivity index (χ0) is 29.8. The van der Waals surface area contributed by atoms with Gasteiger partial charge in [0.1, 0.15) is 17.2 Å². The number of carboxylic acids is 3. The van der Waals surface area contributed by atoms with Gasteiger partial charge >= 0.3 is 17.9 Å². The molecule has 1 unspecified atom stereocenters. The fourth-order valence-electron chi connectivity index (χ4n) is 4.92. The Kier molecular flexibility index (Phi) is 7.87. The van der Waals surface area contributed by atoms with Gasteiger partial charge in [0.05, 0.1) is 34.9 Å². The topological polar surface area (TPSA) is 151 Å². The van der Waals surface area contributed by atoms with Crippen molar-refractivity contribution >= 4 is 23.8 Å². The lowest BCUT2D eigenvalue weighted by molar-refractivity contribution is 0.0583. The molecule has 0 bridgehead atoms. The summed E-state index contributed by atoms with van der Waals surface area (Å²) < 4.78 is 11.6. The van der Waals surface area contributed by atoms with Crippen molar-refractivity contribution in [3.8, 4) is 17.2 Å². The number of carboxylic acid groups (broad SMARTS) is 3. The normalized spacial score (nSPS) is 13.8. The summed E-state index contributed by atoms with van der Waals surface area (Å²) in [4.78, 5) is 51.5. The molecule has 10 heteroatoms. The molecular formula is C32H25NO9. The van der Waals surface area contributed by atoms with E-state index in [0.29, 0.717) is 47.5 Å². The Morgan fingerprint density at radius 3 is 1.90 bits per heavy atom. The quantitative estimate of drug-likeness (QED) is 0.230. The minimum atomic E-state index is -1.62. The Morgan fingerprint density at radius 2 is 1.26 bits per heavy atom. The molecule has 0 aromatic heterocycles. The van der Waals surface area contributed by atoms with Crippen molar-refractivity contribution in [3.63, 3.8) is 0 Å². The molecule has 0 fully saturated rings. The highest BCUT2D eigenvalue weighted by atomic mass is 16.5. The number of carbonyl (C=O) groups excluding carboxylic acids is 1. The monoisotopic (exact) mass is 567 g/mol. The molecule has 1 aliphatic rings. The van der Waals surface area contributed by atoms with Crippen molar-refractivity contribution in [2.75, 3.05) is 6.61 Å². The molecule has 0 saturated heterocycles. The van der Waals surface area contributed by atoms with Crippen LogP contribution in [-0.4, -0.2) is 50.6 Å². The summed E-state index contributed by atoms with van der Waals surface area (Å²) in [5, 5.41) is 29.1. The fourth-order valence-corrected chi connectivity index (χ4v) is 4.92. The number of carbonyl (C=O) groups is 4. The van der Waals surface area contributed by atoms with Crippen LogP contribution in [0.25, 0.3) is 0 Å². The highest BCUT2D eigenvalue weighted by Crippen LogP contribution is 2.38. The molecular weight excluding hydrogens is 542 g/mol. The molecule has 0 radical (unpaired) electrons. The first-order valence-electron chi connectivity index (χ1n) is 13.0. The largest absolute Gasteiger partial charge is 0.493 e. The summed E-state index contributed by atoms with van der Waals surface area (Å²) >= 11 is 0. The van der Waals surface area contributed by atoms with Crippen molar-refractivity contribution < 1.29 is 44.0 Å². The molecule has 212 valence electrons. The number of benzene rings is 4. The smallest absolute Gasteiger partial charge is 0.336 e. The van der Waals surface area contributed by atoms with Crippen LogP contribution >= 0.6 is 0 Å². The Morgan fingerprint density at radius 1 is 0.714 bits per heavy atom. The van der Waals surface area contributed by atoms with Gasteiger partial charge in [0.2, 0.25) is 0 Å². The lowest BCUT2D eigenvalue weighted by atomic mass is 9.94. The predicted molar refractivity (Wildman–Crippen MR) is 149 cm³/mol. The van der Waals surface area contributed by atoms with E-state index in [1.807, 2.05) is 36.4 Å². The van der Waals surface area contributed by atoms with E-state index in [0.717, 1.165) is 6.07 Å². The Hall–Kier alpha value is -5.64. The molecule has 1 amide bonds. The van der Waals surface area contributed by atoms with Gasteiger partial charge in [-0.15, -0.1) is 0 Å². The van der Waals surface area contributed by atoms with Crippen LogP contribution in [0.4, 0.5) is 0 Å². The number of rotatable bonds is 9. The van der Waals surface area contributed by atoms with Crippen LogP contribution in [0, 0.1) is 0 Å². The third kappa shape index (κ3) is 5.78.